The molecule has 34 heavy (non-hydrogen) atoms. The van der Waals surface area contributed by atoms with Crippen molar-refractivity contribution in [2.75, 3.05) is 5.75 Å². The lowest BCUT2D eigenvalue weighted by Gasteiger charge is -2.54. The van der Waals surface area contributed by atoms with E-state index in [4.69, 9.17) is 4.42 Å². The summed E-state index contributed by atoms with van der Waals surface area (Å²) >= 11 is 1.42. The minimum Gasteiger partial charge on any atom is -0.481 e. The third-order valence-corrected chi connectivity index (χ3v) is 15.3. The molecule has 1 aliphatic rings. The summed E-state index contributed by atoms with van der Waals surface area (Å²) in [4.78, 5) is 18.6. The van der Waals surface area contributed by atoms with E-state index in [0.29, 0.717) is 29.9 Å². The van der Waals surface area contributed by atoms with Crippen molar-refractivity contribution in [2.45, 2.75) is 62.0 Å². The second-order valence-corrected chi connectivity index (χ2v) is 18.8. The Morgan fingerprint density at radius 3 is 2.35 bits per heavy atom. The van der Waals surface area contributed by atoms with Crippen LogP contribution in [0, 0.1) is 0 Å². The van der Waals surface area contributed by atoms with E-state index in [0.717, 1.165) is 16.0 Å². The number of rotatable bonds is 7. The number of carbonyl (C=O) groups is 1. The van der Waals surface area contributed by atoms with Crippen LogP contribution in [0.5, 0.6) is 0 Å². The number of oxazole rings is 1. The van der Waals surface area contributed by atoms with Gasteiger partial charge in [0.05, 0.1) is 25.1 Å². The van der Waals surface area contributed by atoms with Gasteiger partial charge in [0.1, 0.15) is 4.75 Å². The third-order valence-electron chi connectivity index (χ3n) is 7.48. The first kappa shape index (κ1) is 24.9. The molecule has 182 valence electrons. The van der Waals surface area contributed by atoms with Gasteiger partial charge in [0.2, 0.25) is 0 Å². The van der Waals surface area contributed by atoms with Gasteiger partial charge in [-0.3, -0.25) is 4.79 Å². The van der Waals surface area contributed by atoms with Gasteiger partial charge in [-0.05, 0) is 37.0 Å². The van der Waals surface area contributed by atoms with E-state index >= 15 is 0 Å². The number of carboxylic acids is 1. The lowest BCUT2D eigenvalue weighted by Crippen LogP contribution is -2.62. The molecule has 1 unspecified atom stereocenters. The molecule has 1 saturated heterocycles. The number of thiophene rings is 1. The van der Waals surface area contributed by atoms with E-state index in [1.807, 2.05) is 63.0 Å². The summed E-state index contributed by atoms with van der Waals surface area (Å²) in [6.07, 6.45) is 4.97. The molecule has 2 atom stereocenters. The highest BCUT2D eigenvalue weighted by Crippen LogP contribution is 2.64. The summed E-state index contributed by atoms with van der Waals surface area (Å²) in [5.41, 5.74) is 1.85. The Morgan fingerprint density at radius 1 is 1.15 bits per heavy atom. The molecule has 1 N–H and O–H groups in total. The summed E-state index contributed by atoms with van der Waals surface area (Å²) in [5.74, 6) is -0.271. The van der Waals surface area contributed by atoms with Gasteiger partial charge >= 0.3 is 5.97 Å². The molecule has 0 amide bonds. The van der Waals surface area contributed by atoms with Crippen LogP contribution in [0.25, 0.3) is 21.8 Å². The number of hydrogen-bond acceptors (Lipinski definition) is 6. The Hall–Kier alpha value is -2.23. The monoisotopic (exact) mass is 517 g/mol. The quantitative estimate of drug-likeness (QED) is 0.362. The van der Waals surface area contributed by atoms with Crippen LogP contribution in [0.4, 0.5) is 0 Å². The molecule has 1 aliphatic heterocycles. The molecule has 3 aromatic rings. The minimum atomic E-state index is -3.70. The fourth-order valence-electron chi connectivity index (χ4n) is 5.89. The molecular weight excluding hydrogens is 486 g/mol. The number of hydrogen-bond donors (Lipinski definition) is 1. The molecule has 1 fully saturated rings. The largest absolute Gasteiger partial charge is 0.481 e. The molecule has 4 rings (SSSR count). The SMILES string of the molecule is CCC(C(=O)O)([C@]1(c2ccc(-c3ccc(-c4cnco4)cc3)s2)CCCCS1(=O)=O)[Si](C)(C)C. The Kier molecular flexibility index (Phi) is 6.41. The smallest absolute Gasteiger partial charge is 0.308 e. The molecule has 0 saturated carbocycles. The molecule has 0 bridgehead atoms. The number of nitrogens with zero attached hydrogens (tertiary/aromatic N) is 1. The molecule has 1 aromatic carbocycles. The van der Waals surface area contributed by atoms with Gasteiger partial charge in [-0.15, -0.1) is 11.3 Å². The maximum atomic E-state index is 13.9. The molecular formula is C25H31NO5S2Si. The average Bonchev–Trinajstić information content (AvgIpc) is 3.47. The molecule has 6 nitrogen and oxygen atoms in total. The molecule has 2 aromatic heterocycles. The van der Waals surface area contributed by atoms with Gasteiger partial charge in [-0.25, -0.2) is 13.4 Å². The standard InChI is InChI=1S/C25H31NO5S2Si/c1-5-25(23(27)28,34(2,3)4)24(14-6-7-15-33(24,29)30)22-13-12-21(32-22)19-10-8-18(9-11-19)20-16-26-17-31-20/h8-13,16-17H,5-7,14-15H2,1-4H3,(H,27,28)/t24-,25?/m1/s1. The number of aliphatic carboxylic acids is 1. The van der Waals surface area contributed by atoms with Gasteiger partial charge in [0.25, 0.3) is 0 Å². The van der Waals surface area contributed by atoms with Crippen LogP contribution in [0.2, 0.25) is 24.7 Å². The lowest BCUT2D eigenvalue weighted by atomic mass is 9.82. The van der Waals surface area contributed by atoms with E-state index in [2.05, 4.69) is 4.98 Å². The molecule has 0 spiro atoms. The van der Waals surface area contributed by atoms with Crippen molar-refractivity contribution < 1.29 is 22.7 Å². The van der Waals surface area contributed by atoms with Crippen molar-refractivity contribution in [2.24, 2.45) is 0 Å². The topological polar surface area (TPSA) is 97.5 Å². The van der Waals surface area contributed by atoms with E-state index in [1.54, 1.807) is 6.20 Å². The zero-order valence-electron chi connectivity index (χ0n) is 20.0. The van der Waals surface area contributed by atoms with Crippen molar-refractivity contribution in [1.29, 1.82) is 0 Å². The van der Waals surface area contributed by atoms with Crippen molar-refractivity contribution in [3.8, 4) is 21.8 Å². The summed E-state index contributed by atoms with van der Waals surface area (Å²) < 4.78 is 31.8. The zero-order valence-corrected chi connectivity index (χ0v) is 22.6. The maximum Gasteiger partial charge on any atom is 0.308 e. The van der Waals surface area contributed by atoms with Gasteiger partial charge in [-0.2, -0.15) is 0 Å². The second-order valence-electron chi connectivity index (χ2n) is 10.0. The van der Waals surface area contributed by atoms with Crippen LogP contribution >= 0.6 is 11.3 Å². The summed E-state index contributed by atoms with van der Waals surface area (Å²) in [5, 5.41) is 9.35. The van der Waals surface area contributed by atoms with Crippen LogP contribution in [0.3, 0.4) is 0 Å². The first-order valence-electron chi connectivity index (χ1n) is 11.6. The summed E-state index contributed by atoms with van der Waals surface area (Å²) in [6, 6.07) is 11.6. The predicted molar refractivity (Wildman–Crippen MR) is 139 cm³/mol. The summed E-state index contributed by atoms with van der Waals surface area (Å²) in [7, 11) is -6.22. The van der Waals surface area contributed by atoms with Crippen LogP contribution < -0.4 is 0 Å². The van der Waals surface area contributed by atoms with Crippen LogP contribution in [-0.4, -0.2) is 38.3 Å². The van der Waals surface area contributed by atoms with E-state index in [9.17, 15) is 18.3 Å². The van der Waals surface area contributed by atoms with Gasteiger partial charge in [0, 0.05) is 15.3 Å². The summed E-state index contributed by atoms with van der Waals surface area (Å²) in [6.45, 7) is 7.82. The first-order chi connectivity index (χ1) is 16.0. The van der Waals surface area contributed by atoms with Crippen LogP contribution in [-0.2, 0) is 19.4 Å². The maximum absolute atomic E-state index is 13.9. The van der Waals surface area contributed by atoms with Crippen molar-refractivity contribution in [3.05, 3.63) is 53.9 Å². The van der Waals surface area contributed by atoms with Crippen molar-refractivity contribution >= 4 is 35.2 Å². The minimum absolute atomic E-state index is 0.0334. The van der Waals surface area contributed by atoms with E-state index in [1.165, 1.54) is 17.7 Å². The fourth-order valence-corrected chi connectivity index (χ4v) is 14.8. The molecule has 0 radical (unpaired) electrons. The highest BCUT2D eigenvalue weighted by molar-refractivity contribution is 7.92. The Bertz CT molecular complexity index is 1280. The van der Waals surface area contributed by atoms with E-state index < -0.39 is 33.7 Å². The first-order valence-corrected chi connectivity index (χ1v) is 17.5. The molecule has 0 aliphatic carbocycles. The van der Waals surface area contributed by atoms with Crippen LogP contribution in [0.1, 0.15) is 37.5 Å². The molecule has 3 heterocycles. The number of sulfone groups is 1. The lowest BCUT2D eigenvalue weighted by molar-refractivity contribution is -0.142. The van der Waals surface area contributed by atoms with Gasteiger partial charge in [-0.1, -0.05) is 57.3 Å². The van der Waals surface area contributed by atoms with Crippen molar-refractivity contribution in [3.63, 3.8) is 0 Å². The fraction of sp³-hybridized carbons (Fsp3) is 0.440. The Balaban J connectivity index is 1.88. The normalized spacial score (nSPS) is 22.2. The highest BCUT2D eigenvalue weighted by atomic mass is 32.2. The number of aromatic nitrogens is 1. The van der Waals surface area contributed by atoms with Crippen molar-refractivity contribution in [1.82, 2.24) is 4.98 Å². The third kappa shape index (κ3) is 3.60. The second kappa shape index (κ2) is 8.77. The Labute approximate surface area is 206 Å². The molecule has 9 heteroatoms. The average molecular weight is 518 g/mol. The number of carboxylic acid groups (broad SMARTS) is 1. The predicted octanol–water partition coefficient (Wildman–Crippen LogP) is 6.44. The van der Waals surface area contributed by atoms with Crippen LogP contribution in [0.15, 0.2) is 53.4 Å². The zero-order chi connectivity index (χ0) is 24.8. The van der Waals surface area contributed by atoms with E-state index in [-0.39, 0.29) is 12.2 Å². The number of benzene rings is 1. The Morgan fingerprint density at radius 2 is 1.82 bits per heavy atom. The highest BCUT2D eigenvalue weighted by Gasteiger charge is 2.69. The van der Waals surface area contributed by atoms with Gasteiger partial charge < -0.3 is 9.52 Å². The van der Waals surface area contributed by atoms with Gasteiger partial charge in [0.15, 0.2) is 22.0 Å².